The van der Waals surface area contributed by atoms with Crippen LogP contribution in [0.5, 0.6) is 5.88 Å². The Bertz CT molecular complexity index is 3210. The number of alkyl halides is 2. The highest BCUT2D eigenvalue weighted by atomic mass is 33.1. The van der Waals surface area contributed by atoms with E-state index < -0.39 is 72.5 Å². The maximum absolute atomic E-state index is 14.0. The van der Waals surface area contributed by atoms with Gasteiger partial charge < -0.3 is 69.8 Å². The van der Waals surface area contributed by atoms with Crippen molar-refractivity contribution in [2.24, 2.45) is 0 Å². The number of carbonyl (C=O) groups is 6. The van der Waals surface area contributed by atoms with E-state index in [4.69, 9.17) is 43.6 Å². The molecule has 1 saturated heterocycles. The van der Waals surface area contributed by atoms with Crippen LogP contribution < -0.4 is 31.7 Å². The first-order valence-corrected chi connectivity index (χ1v) is 32.7. The van der Waals surface area contributed by atoms with Gasteiger partial charge in [0.05, 0.1) is 122 Å². The highest BCUT2D eigenvalue weighted by molar-refractivity contribution is 8.76. The van der Waals surface area contributed by atoms with Crippen molar-refractivity contribution in [2.75, 3.05) is 117 Å². The Morgan fingerprint density at radius 1 is 0.728 bits per heavy atom. The maximum Gasteiger partial charge on any atom is 0.306 e. The SMILES string of the molecule is CCCCOCCOCCOCCOCCOCCOCCNC(=O)C(CSSCCCC(=O)OCc1ccc(-c2ccnc3ccc(-c4cnc(OC)c(N)c4)cc23)cn1)NC(=O)CCC(=O)NCc1cc(C(=O)NC(C)C(=O)N2CC(F)(F)C[C@H]2C#N)ccn1. The zero-order valence-corrected chi connectivity index (χ0v) is 53.6. The minimum atomic E-state index is -3.22. The second-order valence-electron chi connectivity index (χ2n) is 20.9. The number of fused-ring (bicyclic) bond motifs is 1. The first-order chi connectivity index (χ1) is 44.6. The summed E-state index contributed by atoms with van der Waals surface area (Å²) in [6.45, 7) is 7.58. The van der Waals surface area contributed by atoms with E-state index in [9.17, 15) is 42.8 Å². The molecule has 3 atom stereocenters. The molecule has 5 aromatic rings. The number of halogens is 2. The summed E-state index contributed by atoms with van der Waals surface area (Å²) < 4.78 is 71.8. The summed E-state index contributed by atoms with van der Waals surface area (Å²) >= 11 is 0. The quantitative estimate of drug-likeness (QED) is 0.0169. The molecule has 1 fully saturated rings. The van der Waals surface area contributed by atoms with Crippen LogP contribution >= 0.6 is 21.6 Å². The molecule has 0 aliphatic carbocycles. The summed E-state index contributed by atoms with van der Waals surface area (Å²) in [5, 5.41) is 20.8. The van der Waals surface area contributed by atoms with Crippen LogP contribution in [0.25, 0.3) is 33.2 Å². The lowest BCUT2D eigenvalue weighted by Gasteiger charge is -2.23. The second-order valence-corrected chi connectivity index (χ2v) is 23.6. The Balaban J connectivity index is 0.896. The van der Waals surface area contributed by atoms with Gasteiger partial charge in [-0.3, -0.25) is 43.7 Å². The summed E-state index contributed by atoms with van der Waals surface area (Å²) in [6, 6.07) is 14.2. The number of nitrogens with two attached hydrogens (primary N) is 1. The van der Waals surface area contributed by atoms with Gasteiger partial charge in [0.15, 0.2) is 0 Å². The molecular formula is C63H81F2N11O14S2. The van der Waals surface area contributed by atoms with E-state index in [1.807, 2.05) is 36.4 Å². The lowest BCUT2D eigenvalue weighted by Crippen LogP contribution is -2.49. The molecule has 0 spiro atoms. The van der Waals surface area contributed by atoms with Crippen LogP contribution in [0.2, 0.25) is 0 Å². The molecule has 0 saturated carbocycles. The lowest BCUT2D eigenvalue weighted by atomic mass is 9.98. The molecule has 2 unspecified atom stereocenters. The van der Waals surface area contributed by atoms with Gasteiger partial charge in [0.2, 0.25) is 29.5 Å². The van der Waals surface area contributed by atoms with Crippen molar-refractivity contribution in [3.8, 4) is 34.2 Å². The average Bonchev–Trinajstić information content (AvgIpc) is 1.01. The molecule has 5 heterocycles. The number of rotatable bonds is 43. The number of nitrogen functional groups attached to an aromatic ring is 1. The Morgan fingerprint density at radius 3 is 2.05 bits per heavy atom. The van der Waals surface area contributed by atoms with Gasteiger partial charge in [-0.1, -0.05) is 47.1 Å². The molecular weight excluding hydrogens is 1240 g/mol. The number of nitrogens with zero attached hydrogens (tertiary/aromatic N) is 6. The van der Waals surface area contributed by atoms with E-state index >= 15 is 0 Å². The van der Waals surface area contributed by atoms with Crippen LogP contribution in [-0.4, -0.2) is 195 Å². The number of methoxy groups -OCH3 is 1. The number of esters is 1. The molecule has 92 heavy (non-hydrogen) atoms. The predicted octanol–water partition coefficient (Wildman–Crippen LogP) is 6.02. The van der Waals surface area contributed by atoms with E-state index in [1.165, 1.54) is 54.0 Å². The third kappa shape index (κ3) is 25.8. The van der Waals surface area contributed by atoms with Crippen molar-refractivity contribution in [3.63, 3.8) is 0 Å². The zero-order chi connectivity index (χ0) is 65.9. The lowest BCUT2D eigenvalue weighted by molar-refractivity contribution is -0.145. The number of hydrogen-bond donors (Lipinski definition) is 5. The van der Waals surface area contributed by atoms with Gasteiger partial charge in [-0.2, -0.15) is 5.26 Å². The fourth-order valence-electron chi connectivity index (χ4n) is 8.96. The number of carbonyl (C=O) groups excluding carboxylic acids is 6. The van der Waals surface area contributed by atoms with E-state index in [0.717, 1.165) is 57.5 Å². The molecule has 6 N–H and O–H groups in total. The zero-order valence-electron chi connectivity index (χ0n) is 52.0. The maximum atomic E-state index is 14.0. The summed E-state index contributed by atoms with van der Waals surface area (Å²) in [4.78, 5) is 96.7. The Morgan fingerprint density at radius 2 is 1.39 bits per heavy atom. The number of anilines is 1. The van der Waals surface area contributed by atoms with Crippen molar-refractivity contribution >= 4 is 73.7 Å². The number of pyridine rings is 4. The predicted molar refractivity (Wildman–Crippen MR) is 341 cm³/mol. The summed E-state index contributed by atoms with van der Waals surface area (Å²) in [5.74, 6) is -5.73. The molecule has 4 aromatic heterocycles. The molecule has 25 nitrogen and oxygen atoms in total. The molecule has 0 bridgehead atoms. The van der Waals surface area contributed by atoms with Crippen LogP contribution in [0.1, 0.15) is 80.5 Å². The van der Waals surface area contributed by atoms with Crippen molar-refractivity contribution in [2.45, 2.75) is 96.0 Å². The van der Waals surface area contributed by atoms with Gasteiger partial charge in [0, 0.05) is 97.2 Å². The number of aromatic nitrogens is 4. The number of ether oxygens (including phenoxy) is 8. The molecule has 29 heteroatoms. The van der Waals surface area contributed by atoms with Gasteiger partial charge >= 0.3 is 5.97 Å². The molecule has 5 amide bonds. The van der Waals surface area contributed by atoms with Crippen molar-refractivity contribution < 1.29 is 75.4 Å². The standard InChI is InChI=1S/C63H81F2N11O14S2/c1-4-5-19-84-21-23-86-25-27-88-29-30-89-28-26-87-24-22-85-20-18-70-60(81)55(75-57(78)13-12-56(77)72-39-49-32-45(14-16-68-49)59(80)74-43(2)62(82)76-42-63(64,65)35-50(76)36-66)41-92-91-31-6-7-58(79)90-40-48-10-8-46(37-71-48)51-15-17-69-54-11-9-44(33-52(51)54)47-34-53(67)61(83-3)73-38-47/h8-11,14-17,32-34,37-38,43,50,55H,4-7,12-13,18-31,35,39-42,67H2,1-3H3,(H,70,81)(H,72,77)(H,74,80)(H,75,78)/t43?,50-,55?/m0/s1. The third-order valence-corrected chi connectivity index (χ3v) is 16.3. The van der Waals surface area contributed by atoms with Crippen molar-refractivity contribution in [1.29, 1.82) is 5.26 Å². The fraction of sp³-hybridized carbons (Fsp3) is 0.508. The van der Waals surface area contributed by atoms with Gasteiger partial charge in [0.25, 0.3) is 11.8 Å². The minimum absolute atomic E-state index is 0.0229. The Labute approximate surface area is 541 Å². The van der Waals surface area contributed by atoms with Crippen molar-refractivity contribution in [1.82, 2.24) is 46.1 Å². The van der Waals surface area contributed by atoms with Gasteiger partial charge in [-0.25, -0.2) is 13.8 Å². The number of unbranched alkanes of at least 4 members (excludes halogenated alkanes) is 1. The number of nitrogens with one attached hydrogen (secondary N) is 4. The Kier molecular flexibility index (Phi) is 32.2. The van der Waals surface area contributed by atoms with Gasteiger partial charge in [-0.05, 0) is 73.4 Å². The van der Waals surface area contributed by atoms with Gasteiger partial charge in [-0.15, -0.1) is 0 Å². The first kappa shape index (κ1) is 73.4. The van der Waals surface area contributed by atoms with Crippen LogP contribution in [0.15, 0.2) is 79.4 Å². The highest BCUT2D eigenvalue weighted by Crippen LogP contribution is 2.34. The molecule has 1 aliphatic heterocycles. The number of nitriles is 1. The summed E-state index contributed by atoms with van der Waals surface area (Å²) in [7, 11) is 4.25. The number of amides is 5. The molecule has 0 radical (unpaired) electrons. The van der Waals surface area contributed by atoms with Crippen LogP contribution in [0.4, 0.5) is 14.5 Å². The Hall–Kier alpha value is -7.69. The molecule has 1 aliphatic rings. The van der Waals surface area contributed by atoms with Crippen LogP contribution in [0.3, 0.4) is 0 Å². The third-order valence-electron chi connectivity index (χ3n) is 13.8. The highest BCUT2D eigenvalue weighted by Gasteiger charge is 2.48. The van der Waals surface area contributed by atoms with E-state index in [1.54, 1.807) is 30.7 Å². The van der Waals surface area contributed by atoms with Crippen LogP contribution in [0, 0.1) is 11.3 Å². The summed E-state index contributed by atoms with van der Waals surface area (Å²) in [5.41, 5.74) is 11.7. The van der Waals surface area contributed by atoms with E-state index in [2.05, 4.69) is 48.1 Å². The monoisotopic (exact) mass is 1320 g/mol. The fourth-order valence-corrected chi connectivity index (χ4v) is 11.2. The normalized spacial score (nSPS) is 14.0. The molecule has 1 aromatic carbocycles. The minimum Gasteiger partial charge on any atom is -0.480 e. The average molecular weight is 1320 g/mol. The summed E-state index contributed by atoms with van der Waals surface area (Å²) in [6.07, 6.45) is 7.88. The first-order valence-electron chi connectivity index (χ1n) is 30.3. The van der Waals surface area contributed by atoms with Gasteiger partial charge in [0.1, 0.15) is 24.7 Å². The largest absolute Gasteiger partial charge is 0.480 e. The number of benzene rings is 1. The van der Waals surface area contributed by atoms with E-state index in [-0.39, 0.29) is 69.2 Å². The number of likely N-dealkylation sites (tertiary alicyclic amines) is 1. The number of hydrogen-bond acceptors (Lipinski definition) is 22. The molecule has 498 valence electrons. The smallest absolute Gasteiger partial charge is 0.306 e. The topological polar surface area (TPSA) is 329 Å². The van der Waals surface area contributed by atoms with Crippen LogP contribution in [-0.2, 0) is 70.3 Å². The van der Waals surface area contributed by atoms with Crippen molar-refractivity contribution in [3.05, 3.63) is 96.3 Å². The molecule has 6 rings (SSSR count). The van der Waals surface area contributed by atoms with E-state index in [0.29, 0.717) is 88.9 Å². The second kappa shape index (κ2) is 40.3.